The maximum Gasteiger partial charge on any atom is 0.0437 e. The highest BCUT2D eigenvalue weighted by Gasteiger charge is 2.34. The molecule has 1 aromatic carbocycles. The first kappa shape index (κ1) is 12.6. The Labute approximate surface area is 106 Å². The zero-order chi connectivity index (χ0) is 12.1. The highest BCUT2D eigenvalue weighted by atomic mass is 15.0. The van der Waals surface area contributed by atoms with Crippen LogP contribution < -0.4 is 5.32 Å². The molecule has 1 aliphatic rings. The van der Waals surface area contributed by atoms with E-state index in [-0.39, 0.29) is 5.54 Å². The van der Waals surface area contributed by atoms with Gasteiger partial charge in [0.15, 0.2) is 0 Å². The van der Waals surface area contributed by atoms with Crippen LogP contribution >= 0.6 is 0 Å². The van der Waals surface area contributed by atoms with Crippen molar-refractivity contribution in [3.63, 3.8) is 0 Å². The molecule has 1 aromatic rings. The highest BCUT2D eigenvalue weighted by Crippen LogP contribution is 2.36. The Morgan fingerprint density at radius 3 is 2.71 bits per heavy atom. The summed E-state index contributed by atoms with van der Waals surface area (Å²) in [5, 5.41) is 3.82. The standard InChI is InChI=1S/C16H25N/c1-3-5-12-16(11-4-2)15-9-7-6-8-14(15)10-13-17-16/h6-9,17H,3-5,10-13H2,1-2H3. The summed E-state index contributed by atoms with van der Waals surface area (Å²) in [6.07, 6.45) is 7.60. The third-order valence-electron chi connectivity index (χ3n) is 4.02. The van der Waals surface area contributed by atoms with Crippen LogP contribution in [0.2, 0.25) is 0 Å². The molecule has 0 radical (unpaired) electrons. The van der Waals surface area contributed by atoms with E-state index in [4.69, 9.17) is 0 Å². The molecule has 1 heterocycles. The molecule has 0 saturated carbocycles. The first-order chi connectivity index (χ1) is 8.32. The fourth-order valence-corrected chi connectivity index (χ4v) is 3.21. The van der Waals surface area contributed by atoms with E-state index in [2.05, 4.69) is 43.4 Å². The van der Waals surface area contributed by atoms with E-state index in [0.29, 0.717) is 0 Å². The topological polar surface area (TPSA) is 12.0 Å². The normalized spacial score (nSPS) is 23.4. The molecular weight excluding hydrogens is 206 g/mol. The SMILES string of the molecule is CCCCC1(CCC)NCCc2ccccc21. The zero-order valence-electron chi connectivity index (χ0n) is 11.3. The van der Waals surface area contributed by atoms with Gasteiger partial charge in [-0.25, -0.2) is 0 Å². The lowest BCUT2D eigenvalue weighted by atomic mass is 9.76. The van der Waals surface area contributed by atoms with Crippen LogP contribution in [0.4, 0.5) is 0 Å². The van der Waals surface area contributed by atoms with Crippen LogP contribution in [0.15, 0.2) is 24.3 Å². The van der Waals surface area contributed by atoms with Gasteiger partial charge >= 0.3 is 0 Å². The minimum atomic E-state index is 0.263. The Morgan fingerprint density at radius 2 is 1.94 bits per heavy atom. The molecule has 94 valence electrons. The van der Waals surface area contributed by atoms with E-state index in [9.17, 15) is 0 Å². The van der Waals surface area contributed by atoms with Gasteiger partial charge in [0.25, 0.3) is 0 Å². The minimum absolute atomic E-state index is 0.263. The summed E-state index contributed by atoms with van der Waals surface area (Å²) in [5.41, 5.74) is 3.40. The molecule has 0 aromatic heterocycles. The first-order valence-electron chi connectivity index (χ1n) is 7.16. The highest BCUT2D eigenvalue weighted by molar-refractivity contribution is 5.36. The fourth-order valence-electron chi connectivity index (χ4n) is 3.21. The van der Waals surface area contributed by atoms with Crippen LogP contribution in [0.25, 0.3) is 0 Å². The van der Waals surface area contributed by atoms with Crippen molar-refractivity contribution in [3.05, 3.63) is 35.4 Å². The maximum absolute atomic E-state index is 3.82. The monoisotopic (exact) mass is 231 g/mol. The molecule has 2 rings (SSSR count). The Balaban J connectivity index is 2.32. The van der Waals surface area contributed by atoms with Crippen LogP contribution in [0.5, 0.6) is 0 Å². The number of hydrogen-bond acceptors (Lipinski definition) is 1. The molecule has 0 bridgehead atoms. The smallest absolute Gasteiger partial charge is 0.0437 e. The first-order valence-corrected chi connectivity index (χ1v) is 7.16. The summed E-state index contributed by atoms with van der Waals surface area (Å²) in [6.45, 7) is 5.72. The van der Waals surface area contributed by atoms with Gasteiger partial charge in [-0.05, 0) is 30.4 Å². The molecule has 0 amide bonds. The second kappa shape index (κ2) is 5.68. The number of nitrogens with one attached hydrogen (secondary N) is 1. The molecule has 1 N–H and O–H groups in total. The predicted molar refractivity (Wildman–Crippen MR) is 74.3 cm³/mol. The lowest BCUT2D eigenvalue weighted by molar-refractivity contribution is 0.262. The van der Waals surface area contributed by atoms with Crippen LogP contribution in [0.3, 0.4) is 0 Å². The molecule has 1 aliphatic heterocycles. The number of hydrogen-bond donors (Lipinski definition) is 1. The van der Waals surface area contributed by atoms with Gasteiger partial charge in [0.2, 0.25) is 0 Å². The van der Waals surface area contributed by atoms with Crippen LogP contribution in [0.1, 0.15) is 57.1 Å². The van der Waals surface area contributed by atoms with E-state index in [1.807, 2.05) is 0 Å². The lowest BCUT2D eigenvalue weighted by Crippen LogP contribution is -2.47. The van der Waals surface area contributed by atoms with Gasteiger partial charge < -0.3 is 5.32 Å². The summed E-state index contributed by atoms with van der Waals surface area (Å²) in [6, 6.07) is 9.03. The molecule has 17 heavy (non-hydrogen) atoms. The van der Waals surface area contributed by atoms with Crippen molar-refractivity contribution >= 4 is 0 Å². The van der Waals surface area contributed by atoms with Gasteiger partial charge in [-0.3, -0.25) is 0 Å². The summed E-state index contributed by atoms with van der Waals surface area (Å²) < 4.78 is 0. The van der Waals surface area contributed by atoms with E-state index in [0.717, 1.165) is 6.54 Å². The second-order valence-electron chi connectivity index (χ2n) is 5.27. The van der Waals surface area contributed by atoms with E-state index >= 15 is 0 Å². The summed E-state index contributed by atoms with van der Waals surface area (Å²) in [5.74, 6) is 0. The molecule has 1 nitrogen and oxygen atoms in total. The molecule has 0 fully saturated rings. The third-order valence-corrected chi connectivity index (χ3v) is 4.02. The van der Waals surface area contributed by atoms with Crippen molar-refractivity contribution in [1.82, 2.24) is 5.32 Å². The van der Waals surface area contributed by atoms with Crippen LogP contribution in [0, 0.1) is 0 Å². The van der Waals surface area contributed by atoms with Crippen molar-refractivity contribution in [1.29, 1.82) is 0 Å². The molecule has 1 heteroatoms. The zero-order valence-corrected chi connectivity index (χ0v) is 11.3. The Morgan fingerprint density at radius 1 is 1.12 bits per heavy atom. The Hall–Kier alpha value is -0.820. The average molecular weight is 231 g/mol. The average Bonchev–Trinajstić information content (AvgIpc) is 2.37. The van der Waals surface area contributed by atoms with Crippen molar-refractivity contribution in [2.45, 2.75) is 57.9 Å². The van der Waals surface area contributed by atoms with Crippen molar-refractivity contribution < 1.29 is 0 Å². The second-order valence-corrected chi connectivity index (χ2v) is 5.27. The van der Waals surface area contributed by atoms with Crippen LogP contribution in [-0.4, -0.2) is 6.54 Å². The van der Waals surface area contributed by atoms with Gasteiger partial charge in [0.05, 0.1) is 0 Å². The van der Waals surface area contributed by atoms with Crippen LogP contribution in [-0.2, 0) is 12.0 Å². The molecule has 0 aliphatic carbocycles. The Kier molecular flexibility index (Phi) is 4.22. The van der Waals surface area contributed by atoms with Crippen molar-refractivity contribution in [2.75, 3.05) is 6.54 Å². The number of rotatable bonds is 5. The molecule has 0 saturated heterocycles. The Bertz CT molecular complexity index is 358. The van der Waals surface area contributed by atoms with Gasteiger partial charge in [-0.1, -0.05) is 57.4 Å². The molecule has 0 spiro atoms. The number of unbranched alkanes of at least 4 members (excludes halogenated alkanes) is 1. The molecular formula is C16H25N. The molecule has 1 atom stereocenters. The van der Waals surface area contributed by atoms with Crippen molar-refractivity contribution in [2.24, 2.45) is 0 Å². The largest absolute Gasteiger partial charge is 0.307 e. The lowest BCUT2D eigenvalue weighted by Gasteiger charge is -2.40. The van der Waals surface area contributed by atoms with E-state index in [1.54, 1.807) is 11.1 Å². The van der Waals surface area contributed by atoms with Gasteiger partial charge in [0.1, 0.15) is 0 Å². The van der Waals surface area contributed by atoms with Crippen molar-refractivity contribution in [3.8, 4) is 0 Å². The number of fused-ring (bicyclic) bond motifs is 1. The quantitative estimate of drug-likeness (QED) is 0.807. The van der Waals surface area contributed by atoms with Gasteiger partial charge in [-0.15, -0.1) is 0 Å². The van der Waals surface area contributed by atoms with E-state index < -0.39 is 0 Å². The van der Waals surface area contributed by atoms with E-state index in [1.165, 1.54) is 38.5 Å². The fraction of sp³-hybridized carbons (Fsp3) is 0.625. The predicted octanol–water partition coefficient (Wildman–Crippen LogP) is 4.02. The molecule has 1 unspecified atom stereocenters. The number of benzene rings is 1. The maximum atomic E-state index is 3.82. The third kappa shape index (κ3) is 2.55. The summed E-state index contributed by atoms with van der Waals surface area (Å²) >= 11 is 0. The minimum Gasteiger partial charge on any atom is -0.307 e. The van der Waals surface area contributed by atoms with Gasteiger partial charge in [-0.2, -0.15) is 0 Å². The summed E-state index contributed by atoms with van der Waals surface area (Å²) in [7, 11) is 0. The summed E-state index contributed by atoms with van der Waals surface area (Å²) in [4.78, 5) is 0. The van der Waals surface area contributed by atoms with Gasteiger partial charge in [0, 0.05) is 12.1 Å².